The molecule has 26 heavy (non-hydrogen) atoms. The highest BCUT2D eigenvalue weighted by Gasteiger charge is 2.67. The van der Waals surface area contributed by atoms with Gasteiger partial charge in [-0.25, -0.2) is 0 Å². The first-order valence-electron chi connectivity index (χ1n) is 10.1. The highest BCUT2D eigenvalue weighted by atomic mass is 16.6. The number of hydrogen-bond acceptors (Lipinski definition) is 4. The van der Waals surface area contributed by atoms with Crippen molar-refractivity contribution in [3.8, 4) is 0 Å². The van der Waals surface area contributed by atoms with Gasteiger partial charge in [0, 0.05) is 18.3 Å². The van der Waals surface area contributed by atoms with Crippen LogP contribution in [-0.2, 0) is 9.53 Å². The highest BCUT2D eigenvalue weighted by molar-refractivity contribution is 5.66. The maximum Gasteiger partial charge on any atom is 0.303 e. The quantitative estimate of drug-likeness (QED) is 0.577. The molecule has 0 unspecified atom stereocenters. The van der Waals surface area contributed by atoms with Crippen molar-refractivity contribution in [3.63, 3.8) is 0 Å². The Balaban J connectivity index is 2.07. The lowest BCUT2D eigenvalue weighted by molar-refractivity contribution is -0.269. The molecule has 0 heterocycles. The third-order valence-corrected chi connectivity index (χ3v) is 8.18. The molecule has 148 valence electrons. The van der Waals surface area contributed by atoms with Crippen molar-refractivity contribution in [1.29, 1.82) is 0 Å². The third-order valence-electron chi connectivity index (χ3n) is 8.18. The number of ether oxygens (including phenoxy) is 1. The van der Waals surface area contributed by atoms with Gasteiger partial charge in [-0.2, -0.15) is 0 Å². The Hall–Kier alpha value is -0.870. The minimum atomic E-state index is -0.947. The van der Waals surface area contributed by atoms with Crippen LogP contribution in [0, 0.1) is 28.1 Å². The van der Waals surface area contributed by atoms with E-state index in [1.54, 1.807) is 6.08 Å². The molecule has 0 aliphatic heterocycles. The molecule has 0 spiro atoms. The lowest BCUT2D eigenvalue weighted by Gasteiger charge is -2.66. The molecule has 0 aromatic carbocycles. The van der Waals surface area contributed by atoms with E-state index in [4.69, 9.17) is 4.74 Å². The van der Waals surface area contributed by atoms with Crippen LogP contribution >= 0.6 is 0 Å². The summed E-state index contributed by atoms with van der Waals surface area (Å²) in [7, 11) is 0. The van der Waals surface area contributed by atoms with Gasteiger partial charge in [-0.15, -0.1) is 6.58 Å². The van der Waals surface area contributed by atoms with Crippen LogP contribution < -0.4 is 0 Å². The van der Waals surface area contributed by atoms with E-state index in [0.717, 1.165) is 19.3 Å². The van der Waals surface area contributed by atoms with Gasteiger partial charge in [0.25, 0.3) is 0 Å². The lowest BCUT2D eigenvalue weighted by Crippen LogP contribution is -2.70. The Morgan fingerprint density at radius 2 is 1.85 bits per heavy atom. The fraction of sp³-hybridized carbons (Fsp3) is 0.864. The van der Waals surface area contributed by atoms with E-state index in [0.29, 0.717) is 18.8 Å². The van der Waals surface area contributed by atoms with Crippen LogP contribution in [0.1, 0.15) is 73.1 Å². The average molecular weight is 365 g/mol. The summed E-state index contributed by atoms with van der Waals surface area (Å²) in [4.78, 5) is 11.7. The normalized spacial score (nSPS) is 50.3. The molecule has 3 saturated carbocycles. The van der Waals surface area contributed by atoms with E-state index in [1.807, 2.05) is 6.92 Å². The Bertz CT molecular complexity index is 599. The molecule has 0 aromatic heterocycles. The summed E-state index contributed by atoms with van der Waals surface area (Å²) in [5, 5.41) is 23.1. The first kappa shape index (κ1) is 19.9. The predicted molar refractivity (Wildman–Crippen MR) is 101 cm³/mol. The molecule has 7 atom stereocenters. The number of aliphatic hydroxyl groups excluding tert-OH is 1. The van der Waals surface area contributed by atoms with E-state index >= 15 is 0 Å². The second-order valence-electron chi connectivity index (χ2n) is 10.4. The summed E-state index contributed by atoms with van der Waals surface area (Å²) in [6.45, 7) is 14.1. The number of carbonyl (C=O) groups excluding carboxylic acids is 1. The second kappa shape index (κ2) is 6.07. The summed E-state index contributed by atoms with van der Waals surface area (Å²) in [5.41, 5.74) is -1.54. The van der Waals surface area contributed by atoms with Gasteiger partial charge in [0.2, 0.25) is 0 Å². The van der Waals surface area contributed by atoms with Crippen molar-refractivity contribution >= 4 is 5.97 Å². The largest absolute Gasteiger partial charge is 0.459 e. The summed E-state index contributed by atoms with van der Waals surface area (Å²) in [6.07, 6.45) is 5.64. The standard InChI is InChI=1S/C22H36O4/c1-7-20(5)13-22(25)12-9-15-19(3,4)10-8-11-21(15,6)17(22)16(24)18(20)26-14(2)23/h7,15-18,24-25H,1,8-13H2,2-6H3/t15-,16-,17+,18+,20+,21-,22+/m0/s1. The van der Waals surface area contributed by atoms with E-state index in [2.05, 4.69) is 27.4 Å². The number of carbonyl (C=O) groups is 1. The number of aliphatic hydroxyl groups is 2. The first-order valence-corrected chi connectivity index (χ1v) is 10.1. The Labute approximate surface area is 158 Å². The van der Waals surface area contributed by atoms with Crippen LogP contribution in [0.3, 0.4) is 0 Å². The van der Waals surface area contributed by atoms with Crippen LogP contribution in [0.2, 0.25) is 0 Å². The van der Waals surface area contributed by atoms with Gasteiger partial charge < -0.3 is 14.9 Å². The third kappa shape index (κ3) is 2.75. The summed E-state index contributed by atoms with van der Waals surface area (Å²) in [5.74, 6) is -0.227. The predicted octanol–water partition coefficient (Wildman–Crippen LogP) is 3.85. The van der Waals surface area contributed by atoms with E-state index in [9.17, 15) is 15.0 Å². The molecule has 0 aromatic rings. The number of esters is 1. The zero-order chi connectivity index (χ0) is 19.5. The summed E-state index contributed by atoms with van der Waals surface area (Å²) in [6, 6.07) is 0. The zero-order valence-electron chi connectivity index (χ0n) is 17.0. The topological polar surface area (TPSA) is 66.8 Å². The maximum absolute atomic E-state index is 11.7. The van der Waals surface area contributed by atoms with Gasteiger partial charge >= 0.3 is 5.97 Å². The zero-order valence-corrected chi connectivity index (χ0v) is 17.0. The molecule has 3 aliphatic carbocycles. The monoisotopic (exact) mass is 364 g/mol. The smallest absolute Gasteiger partial charge is 0.303 e. The van der Waals surface area contributed by atoms with Crippen molar-refractivity contribution in [3.05, 3.63) is 12.7 Å². The van der Waals surface area contributed by atoms with Gasteiger partial charge in [-0.05, 0) is 48.9 Å². The average Bonchev–Trinajstić information content (AvgIpc) is 2.49. The second-order valence-corrected chi connectivity index (χ2v) is 10.4. The molecule has 0 amide bonds. The Morgan fingerprint density at radius 1 is 1.19 bits per heavy atom. The summed E-state index contributed by atoms with van der Waals surface area (Å²) < 4.78 is 5.61. The summed E-state index contributed by atoms with van der Waals surface area (Å²) >= 11 is 0. The molecular weight excluding hydrogens is 328 g/mol. The van der Waals surface area contributed by atoms with Crippen LogP contribution in [0.15, 0.2) is 12.7 Å². The van der Waals surface area contributed by atoms with Gasteiger partial charge in [0.15, 0.2) is 0 Å². The molecule has 2 N–H and O–H groups in total. The van der Waals surface area contributed by atoms with E-state index in [-0.39, 0.29) is 16.7 Å². The minimum absolute atomic E-state index is 0.158. The molecule has 3 aliphatic rings. The Kier molecular flexibility index (Phi) is 4.64. The van der Waals surface area contributed by atoms with Crippen molar-refractivity contribution in [2.24, 2.45) is 28.1 Å². The lowest BCUT2D eigenvalue weighted by atomic mass is 9.41. The molecule has 0 radical (unpaired) electrons. The van der Waals surface area contributed by atoms with Crippen molar-refractivity contribution in [1.82, 2.24) is 0 Å². The van der Waals surface area contributed by atoms with Crippen LogP contribution in [0.5, 0.6) is 0 Å². The maximum atomic E-state index is 11.7. The first-order chi connectivity index (χ1) is 11.9. The van der Waals surface area contributed by atoms with Gasteiger partial charge in [0.1, 0.15) is 6.10 Å². The molecule has 4 nitrogen and oxygen atoms in total. The molecule has 3 rings (SSSR count). The molecule has 0 saturated heterocycles. The number of fused-ring (bicyclic) bond motifs is 3. The van der Waals surface area contributed by atoms with Crippen LogP contribution in [-0.4, -0.2) is 34.0 Å². The van der Waals surface area contributed by atoms with Crippen molar-refractivity contribution in [2.75, 3.05) is 0 Å². The number of hydrogen-bond donors (Lipinski definition) is 2. The van der Waals surface area contributed by atoms with Gasteiger partial charge in [-0.1, -0.05) is 40.2 Å². The minimum Gasteiger partial charge on any atom is -0.459 e. The Morgan fingerprint density at radius 3 is 2.42 bits per heavy atom. The van der Waals surface area contributed by atoms with Crippen LogP contribution in [0.25, 0.3) is 0 Å². The fourth-order valence-corrected chi connectivity index (χ4v) is 7.23. The van der Waals surface area contributed by atoms with E-state index < -0.39 is 29.2 Å². The van der Waals surface area contributed by atoms with Gasteiger partial charge in [0.05, 0.1) is 11.7 Å². The molecule has 3 fully saturated rings. The number of rotatable bonds is 2. The van der Waals surface area contributed by atoms with Gasteiger partial charge in [-0.3, -0.25) is 4.79 Å². The van der Waals surface area contributed by atoms with Crippen molar-refractivity contribution < 1.29 is 19.7 Å². The molecule has 4 heteroatoms. The van der Waals surface area contributed by atoms with Crippen LogP contribution in [0.4, 0.5) is 0 Å². The fourth-order valence-electron chi connectivity index (χ4n) is 7.23. The van der Waals surface area contributed by atoms with E-state index in [1.165, 1.54) is 13.3 Å². The molecular formula is C22H36O4. The van der Waals surface area contributed by atoms with Crippen molar-refractivity contribution in [2.45, 2.75) is 91.0 Å². The SMILES string of the molecule is C=C[C@]1(C)C[C@]2(O)CC[C@H]3C(C)(C)CCC[C@]3(C)[C@H]2[C@H](O)[C@H]1OC(C)=O. The molecule has 0 bridgehead atoms. The highest BCUT2D eigenvalue weighted by Crippen LogP contribution is 2.66.